The third kappa shape index (κ3) is 4.74. The van der Waals surface area contributed by atoms with Crippen LogP contribution in [0.1, 0.15) is 6.92 Å². The summed E-state index contributed by atoms with van der Waals surface area (Å²) in [5.74, 6) is 0.446. The third-order valence-electron chi connectivity index (χ3n) is 5.29. The summed E-state index contributed by atoms with van der Waals surface area (Å²) in [4.78, 5) is 29.3. The molecule has 9 heteroatoms. The Bertz CT molecular complexity index is 1160. The molecule has 0 bridgehead atoms. The van der Waals surface area contributed by atoms with E-state index < -0.39 is 6.10 Å². The van der Waals surface area contributed by atoms with Crippen molar-refractivity contribution in [2.75, 3.05) is 31.1 Å². The zero-order valence-corrected chi connectivity index (χ0v) is 19.0. The Kier molecular flexibility index (Phi) is 6.67. The lowest BCUT2D eigenvalue weighted by atomic mass is 10.2. The Hall–Kier alpha value is -3.03. The minimum atomic E-state index is -0.639. The Labute approximate surface area is 195 Å². The lowest BCUT2D eigenvalue weighted by Crippen LogP contribution is -2.52. The predicted octanol–water partition coefficient (Wildman–Crippen LogP) is 3.66. The van der Waals surface area contributed by atoms with Gasteiger partial charge in [0, 0.05) is 31.2 Å². The van der Waals surface area contributed by atoms with Gasteiger partial charge in [-0.15, -0.1) is 0 Å². The Morgan fingerprint density at radius 3 is 2.44 bits per heavy atom. The first-order valence-electron chi connectivity index (χ1n) is 10.2. The number of halogens is 2. The van der Waals surface area contributed by atoms with E-state index >= 15 is 0 Å². The quantitative estimate of drug-likeness (QED) is 0.566. The van der Waals surface area contributed by atoms with E-state index in [4.69, 9.17) is 27.9 Å². The van der Waals surface area contributed by atoms with Crippen molar-refractivity contribution in [2.45, 2.75) is 13.0 Å². The van der Waals surface area contributed by atoms with Crippen LogP contribution in [0.5, 0.6) is 5.75 Å². The highest BCUT2D eigenvalue weighted by Crippen LogP contribution is 2.24. The highest BCUT2D eigenvalue weighted by Gasteiger charge is 2.27. The van der Waals surface area contributed by atoms with Crippen molar-refractivity contribution in [2.24, 2.45) is 0 Å². The fraction of sp³-hybridized carbons (Fsp3) is 0.261. The number of amides is 1. The van der Waals surface area contributed by atoms with Gasteiger partial charge in [0.2, 0.25) is 0 Å². The molecule has 32 heavy (non-hydrogen) atoms. The number of carbonyl (C=O) groups is 1. The summed E-state index contributed by atoms with van der Waals surface area (Å²) in [6.45, 7) is 3.76. The second-order valence-corrected chi connectivity index (χ2v) is 8.24. The molecule has 1 saturated heterocycles. The fourth-order valence-electron chi connectivity index (χ4n) is 3.62. The summed E-state index contributed by atoms with van der Waals surface area (Å²) < 4.78 is 7.03. The van der Waals surface area contributed by atoms with Crippen LogP contribution in [0, 0.1) is 0 Å². The van der Waals surface area contributed by atoms with E-state index in [1.807, 2.05) is 23.1 Å². The SMILES string of the molecule is CC(Oc1cccc(Cl)c1)C(=O)N1CCN(c2cnn(-c3ccccc3)c(=O)c2Cl)CC1. The summed E-state index contributed by atoms with van der Waals surface area (Å²) in [6, 6.07) is 16.1. The molecule has 0 spiro atoms. The Morgan fingerprint density at radius 1 is 1.03 bits per heavy atom. The molecule has 2 aromatic carbocycles. The zero-order chi connectivity index (χ0) is 22.7. The zero-order valence-electron chi connectivity index (χ0n) is 17.4. The molecule has 1 atom stereocenters. The van der Waals surface area contributed by atoms with Gasteiger partial charge in [0.05, 0.1) is 17.6 Å². The minimum Gasteiger partial charge on any atom is -0.481 e. The largest absolute Gasteiger partial charge is 0.481 e. The number of anilines is 1. The maximum Gasteiger partial charge on any atom is 0.292 e. The number of hydrogen-bond acceptors (Lipinski definition) is 5. The average molecular weight is 473 g/mol. The lowest BCUT2D eigenvalue weighted by molar-refractivity contribution is -0.138. The van der Waals surface area contributed by atoms with Gasteiger partial charge in [0.25, 0.3) is 11.5 Å². The first-order valence-corrected chi connectivity index (χ1v) is 11.0. The molecule has 1 fully saturated rings. The number of benzene rings is 2. The van der Waals surface area contributed by atoms with Crippen LogP contribution >= 0.6 is 23.2 Å². The van der Waals surface area contributed by atoms with Crippen LogP contribution in [0.3, 0.4) is 0 Å². The number of carbonyl (C=O) groups excluding carboxylic acids is 1. The number of rotatable bonds is 5. The number of piperazine rings is 1. The van der Waals surface area contributed by atoms with Gasteiger partial charge in [0.1, 0.15) is 10.8 Å². The summed E-state index contributed by atoms with van der Waals surface area (Å²) >= 11 is 12.4. The van der Waals surface area contributed by atoms with Crippen LogP contribution in [-0.2, 0) is 4.79 Å². The molecule has 0 radical (unpaired) electrons. The molecule has 0 aliphatic carbocycles. The monoisotopic (exact) mass is 472 g/mol. The molecule has 3 aromatic rings. The summed E-state index contributed by atoms with van der Waals surface area (Å²) in [6.07, 6.45) is 0.958. The van der Waals surface area contributed by atoms with Crippen molar-refractivity contribution in [1.82, 2.24) is 14.7 Å². The molecule has 1 aliphatic rings. The van der Waals surface area contributed by atoms with Crippen molar-refractivity contribution in [3.8, 4) is 11.4 Å². The van der Waals surface area contributed by atoms with Gasteiger partial charge in [-0.25, -0.2) is 0 Å². The molecule has 1 aromatic heterocycles. The van der Waals surface area contributed by atoms with Crippen molar-refractivity contribution < 1.29 is 9.53 Å². The van der Waals surface area contributed by atoms with E-state index in [0.717, 1.165) is 0 Å². The van der Waals surface area contributed by atoms with Crippen LogP contribution in [0.15, 0.2) is 65.6 Å². The van der Waals surface area contributed by atoms with Gasteiger partial charge in [-0.1, -0.05) is 47.5 Å². The van der Waals surface area contributed by atoms with Crippen LogP contribution in [-0.4, -0.2) is 52.9 Å². The van der Waals surface area contributed by atoms with E-state index in [9.17, 15) is 9.59 Å². The van der Waals surface area contributed by atoms with Gasteiger partial charge < -0.3 is 14.5 Å². The van der Waals surface area contributed by atoms with Gasteiger partial charge in [0.15, 0.2) is 6.10 Å². The lowest BCUT2D eigenvalue weighted by Gasteiger charge is -2.37. The first-order chi connectivity index (χ1) is 15.4. The van der Waals surface area contributed by atoms with Crippen LogP contribution in [0.4, 0.5) is 5.69 Å². The predicted molar refractivity (Wildman–Crippen MR) is 125 cm³/mol. The highest BCUT2D eigenvalue weighted by atomic mass is 35.5. The standard InChI is InChI=1S/C23H22Cl2N4O3/c1-16(32-19-9-5-6-17(24)14-19)22(30)28-12-10-27(11-13-28)20-15-26-29(23(31)21(20)25)18-7-3-2-4-8-18/h2-9,14-16H,10-13H2,1H3. The highest BCUT2D eigenvalue weighted by molar-refractivity contribution is 6.33. The smallest absolute Gasteiger partial charge is 0.292 e. The molecule has 7 nitrogen and oxygen atoms in total. The first kappa shape index (κ1) is 22.2. The number of ether oxygens (including phenoxy) is 1. The molecule has 166 valence electrons. The fourth-order valence-corrected chi connectivity index (χ4v) is 4.05. The van der Waals surface area contributed by atoms with Crippen LogP contribution in [0.2, 0.25) is 10.0 Å². The molecule has 1 amide bonds. The number of para-hydroxylation sites is 1. The second-order valence-electron chi connectivity index (χ2n) is 7.43. The second kappa shape index (κ2) is 9.63. The average Bonchev–Trinajstić information content (AvgIpc) is 2.81. The molecule has 1 aliphatic heterocycles. The van der Waals surface area contributed by atoms with Crippen molar-refractivity contribution in [1.29, 1.82) is 0 Å². The van der Waals surface area contributed by atoms with Crippen LogP contribution in [0.25, 0.3) is 5.69 Å². The Morgan fingerprint density at radius 2 is 1.75 bits per heavy atom. The molecule has 2 heterocycles. The van der Waals surface area contributed by atoms with Gasteiger partial charge >= 0.3 is 0 Å². The van der Waals surface area contributed by atoms with Gasteiger partial charge in [-0.2, -0.15) is 9.78 Å². The molecule has 0 saturated carbocycles. The number of nitrogens with zero attached hydrogens (tertiary/aromatic N) is 4. The third-order valence-corrected chi connectivity index (χ3v) is 5.88. The normalized spacial score (nSPS) is 14.8. The number of hydrogen-bond donors (Lipinski definition) is 0. The molecule has 1 unspecified atom stereocenters. The van der Waals surface area contributed by atoms with Crippen molar-refractivity contribution in [3.05, 3.63) is 81.2 Å². The molecular formula is C23H22Cl2N4O3. The van der Waals surface area contributed by atoms with E-state index in [-0.39, 0.29) is 16.5 Å². The van der Waals surface area contributed by atoms with Crippen molar-refractivity contribution in [3.63, 3.8) is 0 Å². The van der Waals surface area contributed by atoms with Crippen LogP contribution < -0.4 is 15.2 Å². The Balaban J connectivity index is 1.41. The summed E-state index contributed by atoms with van der Waals surface area (Å²) in [5, 5.41) is 4.95. The van der Waals surface area contributed by atoms with Gasteiger partial charge in [-0.3, -0.25) is 9.59 Å². The summed E-state index contributed by atoms with van der Waals surface area (Å²) in [7, 11) is 0. The molecular weight excluding hydrogens is 451 g/mol. The maximum absolute atomic E-state index is 12.8. The van der Waals surface area contributed by atoms with E-state index in [1.54, 1.807) is 54.4 Å². The number of aromatic nitrogens is 2. The van der Waals surface area contributed by atoms with E-state index in [1.165, 1.54) is 4.68 Å². The summed E-state index contributed by atoms with van der Waals surface area (Å²) in [5.41, 5.74) is 0.839. The minimum absolute atomic E-state index is 0.103. The van der Waals surface area contributed by atoms with Crippen molar-refractivity contribution >= 4 is 34.8 Å². The van der Waals surface area contributed by atoms with E-state index in [2.05, 4.69) is 5.10 Å². The van der Waals surface area contributed by atoms with Gasteiger partial charge in [-0.05, 0) is 37.3 Å². The maximum atomic E-state index is 12.8. The topological polar surface area (TPSA) is 67.7 Å². The molecule has 4 rings (SSSR count). The molecule has 0 N–H and O–H groups in total. The van der Waals surface area contributed by atoms with E-state index in [0.29, 0.717) is 48.3 Å².